The van der Waals surface area contributed by atoms with Gasteiger partial charge in [-0.3, -0.25) is 4.79 Å². The summed E-state index contributed by atoms with van der Waals surface area (Å²) < 4.78 is 6.12. The van der Waals surface area contributed by atoms with Gasteiger partial charge in [0.05, 0.1) is 17.6 Å². The van der Waals surface area contributed by atoms with E-state index >= 15 is 0 Å². The zero-order valence-electron chi connectivity index (χ0n) is 19.2. The van der Waals surface area contributed by atoms with Crippen LogP contribution < -0.4 is 15.0 Å². The Morgan fingerprint density at radius 3 is 2.44 bits per heavy atom. The highest BCUT2D eigenvalue weighted by molar-refractivity contribution is 5.83. The van der Waals surface area contributed by atoms with Crippen LogP contribution in [0.1, 0.15) is 70.6 Å². The zero-order valence-corrected chi connectivity index (χ0v) is 19.2. The van der Waals surface area contributed by atoms with Crippen LogP contribution in [0.25, 0.3) is 0 Å². The molecule has 6 aliphatic rings. The van der Waals surface area contributed by atoms with Crippen molar-refractivity contribution in [2.45, 2.75) is 88.9 Å². The van der Waals surface area contributed by atoms with Crippen molar-refractivity contribution in [3.8, 4) is 5.75 Å². The van der Waals surface area contributed by atoms with Gasteiger partial charge in [-0.2, -0.15) is 0 Å². The van der Waals surface area contributed by atoms with E-state index in [9.17, 15) is 9.90 Å². The Labute approximate surface area is 191 Å². The van der Waals surface area contributed by atoms with Gasteiger partial charge in [-0.15, -0.1) is 0 Å². The normalized spacial score (nSPS) is 38.8. The van der Waals surface area contributed by atoms with Crippen molar-refractivity contribution in [3.05, 3.63) is 24.3 Å². The van der Waals surface area contributed by atoms with Crippen LogP contribution in [0.2, 0.25) is 0 Å². The number of benzene rings is 1. The van der Waals surface area contributed by atoms with Gasteiger partial charge < -0.3 is 20.1 Å². The molecule has 6 fully saturated rings. The van der Waals surface area contributed by atoms with Crippen LogP contribution >= 0.6 is 0 Å². The van der Waals surface area contributed by atoms with Crippen LogP contribution in [0.3, 0.4) is 0 Å². The second-order valence-corrected chi connectivity index (χ2v) is 11.5. The molecule has 1 amide bonds. The largest absolute Gasteiger partial charge is 0.490 e. The highest BCUT2D eigenvalue weighted by Crippen LogP contribution is 2.60. The second kappa shape index (κ2) is 8.23. The third kappa shape index (κ3) is 3.81. The lowest BCUT2D eigenvalue weighted by Gasteiger charge is -2.58. The molecule has 2 unspecified atom stereocenters. The standard InChI is InChI=1S/C27H38N2O3/c30-25-19-12-18-13-20(25)16-27(14-18,15-19)26(31)28-21-4-3-11-29(17-21)22-7-9-24(10-8-22)32-23-5-1-2-6-23/h7-10,18-21,23,25,30H,1-6,11-17H2,(H,28,31)/t18?,19?,20?,21-,25?,27?/m0/s1. The monoisotopic (exact) mass is 438 g/mol. The molecule has 4 bridgehead atoms. The minimum Gasteiger partial charge on any atom is -0.490 e. The van der Waals surface area contributed by atoms with E-state index in [-0.39, 0.29) is 23.5 Å². The maximum Gasteiger partial charge on any atom is 0.226 e. The van der Waals surface area contributed by atoms with Gasteiger partial charge in [0.2, 0.25) is 5.91 Å². The van der Waals surface area contributed by atoms with Crippen LogP contribution in [0.4, 0.5) is 5.69 Å². The summed E-state index contributed by atoms with van der Waals surface area (Å²) in [5.74, 6) is 2.59. The van der Waals surface area contributed by atoms with Crippen LogP contribution in [0.5, 0.6) is 5.75 Å². The first-order valence-electron chi connectivity index (χ1n) is 13.1. The lowest BCUT2D eigenvalue weighted by atomic mass is 9.48. The first kappa shape index (κ1) is 20.8. The molecule has 5 heteroatoms. The fourth-order valence-corrected chi connectivity index (χ4v) is 7.88. The molecule has 1 saturated heterocycles. The minimum atomic E-state index is -0.211. The zero-order chi connectivity index (χ0) is 21.7. The molecule has 174 valence electrons. The van der Waals surface area contributed by atoms with Crippen LogP contribution in [-0.2, 0) is 4.79 Å². The number of amides is 1. The van der Waals surface area contributed by atoms with E-state index in [4.69, 9.17) is 4.74 Å². The molecule has 1 aliphatic heterocycles. The summed E-state index contributed by atoms with van der Waals surface area (Å²) in [5, 5.41) is 14.0. The summed E-state index contributed by atoms with van der Waals surface area (Å²) in [7, 11) is 0. The average Bonchev–Trinajstić information content (AvgIpc) is 3.30. The molecule has 5 saturated carbocycles. The smallest absolute Gasteiger partial charge is 0.226 e. The number of rotatable bonds is 5. The van der Waals surface area contributed by atoms with Gasteiger partial charge in [-0.05, 0) is 113 Å². The molecule has 1 heterocycles. The number of ether oxygens (including phenoxy) is 1. The molecule has 1 aromatic rings. The van der Waals surface area contributed by atoms with E-state index in [1.807, 2.05) is 0 Å². The number of nitrogens with zero attached hydrogens (tertiary/aromatic N) is 1. The van der Waals surface area contributed by atoms with Gasteiger partial charge in [0.15, 0.2) is 0 Å². The summed E-state index contributed by atoms with van der Waals surface area (Å²) in [5.41, 5.74) is 1.01. The predicted molar refractivity (Wildman–Crippen MR) is 125 cm³/mol. The van der Waals surface area contributed by atoms with E-state index < -0.39 is 0 Å². The van der Waals surface area contributed by atoms with Crippen molar-refractivity contribution < 1.29 is 14.6 Å². The highest BCUT2D eigenvalue weighted by Gasteiger charge is 2.58. The molecule has 5 aliphatic carbocycles. The molecular formula is C27H38N2O3. The minimum absolute atomic E-state index is 0.168. The summed E-state index contributed by atoms with van der Waals surface area (Å²) in [6.45, 7) is 1.92. The number of aliphatic hydroxyl groups is 1. The van der Waals surface area contributed by atoms with Gasteiger partial charge in [0.25, 0.3) is 0 Å². The molecule has 0 radical (unpaired) electrons. The highest BCUT2D eigenvalue weighted by atomic mass is 16.5. The molecule has 7 rings (SSSR count). The second-order valence-electron chi connectivity index (χ2n) is 11.5. The Hall–Kier alpha value is -1.75. The van der Waals surface area contributed by atoms with Gasteiger partial charge in [-0.1, -0.05) is 0 Å². The van der Waals surface area contributed by atoms with E-state index in [0.717, 1.165) is 63.8 Å². The van der Waals surface area contributed by atoms with E-state index in [1.54, 1.807) is 0 Å². The number of hydrogen-bond acceptors (Lipinski definition) is 4. The molecular weight excluding hydrogens is 400 g/mol. The van der Waals surface area contributed by atoms with E-state index in [2.05, 4.69) is 34.5 Å². The molecule has 0 spiro atoms. The van der Waals surface area contributed by atoms with E-state index in [1.165, 1.54) is 31.4 Å². The summed E-state index contributed by atoms with van der Waals surface area (Å²) in [6, 6.07) is 8.78. The summed E-state index contributed by atoms with van der Waals surface area (Å²) >= 11 is 0. The molecule has 5 nitrogen and oxygen atoms in total. The van der Waals surface area contributed by atoms with Gasteiger partial charge in [0.1, 0.15) is 5.75 Å². The fraction of sp³-hybridized carbons (Fsp3) is 0.741. The third-order valence-corrected chi connectivity index (χ3v) is 9.27. The Kier molecular flexibility index (Phi) is 5.36. The van der Waals surface area contributed by atoms with Crippen LogP contribution in [0.15, 0.2) is 24.3 Å². The van der Waals surface area contributed by atoms with Crippen LogP contribution in [0, 0.1) is 23.2 Å². The maximum absolute atomic E-state index is 13.5. The van der Waals surface area contributed by atoms with Gasteiger partial charge in [-0.25, -0.2) is 0 Å². The Morgan fingerprint density at radius 2 is 1.72 bits per heavy atom. The van der Waals surface area contributed by atoms with Crippen molar-refractivity contribution in [2.75, 3.05) is 18.0 Å². The lowest BCUT2D eigenvalue weighted by Crippen LogP contribution is -2.60. The number of piperidine rings is 1. The topological polar surface area (TPSA) is 61.8 Å². The number of anilines is 1. The number of carbonyl (C=O) groups excluding carboxylic acids is 1. The third-order valence-electron chi connectivity index (χ3n) is 9.27. The quantitative estimate of drug-likeness (QED) is 0.720. The maximum atomic E-state index is 13.5. The molecule has 0 aromatic heterocycles. The fourth-order valence-electron chi connectivity index (χ4n) is 7.88. The van der Waals surface area contributed by atoms with Crippen molar-refractivity contribution in [2.24, 2.45) is 23.2 Å². The van der Waals surface area contributed by atoms with Gasteiger partial charge >= 0.3 is 0 Å². The SMILES string of the molecule is O=C(N[C@H]1CCCN(c2ccc(OC3CCCC3)cc2)C1)C12CC3CC(C1)C(O)C(C3)C2. The number of nitrogens with one attached hydrogen (secondary N) is 1. The first-order chi connectivity index (χ1) is 15.6. The predicted octanol–water partition coefficient (Wildman–Crippen LogP) is 4.28. The summed E-state index contributed by atoms with van der Waals surface area (Å²) in [6.07, 6.45) is 12.4. The molecule has 1 aromatic carbocycles. The molecule has 32 heavy (non-hydrogen) atoms. The van der Waals surface area contributed by atoms with Gasteiger partial charge in [0, 0.05) is 24.8 Å². The first-order valence-corrected chi connectivity index (χ1v) is 13.1. The van der Waals surface area contributed by atoms with Crippen molar-refractivity contribution in [1.29, 1.82) is 0 Å². The molecule has 2 N–H and O–H groups in total. The molecule has 3 atom stereocenters. The number of carbonyl (C=O) groups is 1. The summed E-state index contributed by atoms with van der Waals surface area (Å²) in [4.78, 5) is 15.9. The Morgan fingerprint density at radius 1 is 1.00 bits per heavy atom. The number of aliphatic hydroxyl groups excluding tert-OH is 1. The van der Waals surface area contributed by atoms with Crippen LogP contribution in [-0.4, -0.2) is 42.4 Å². The van der Waals surface area contributed by atoms with Crippen molar-refractivity contribution in [1.82, 2.24) is 5.32 Å². The van der Waals surface area contributed by atoms with Crippen molar-refractivity contribution >= 4 is 11.6 Å². The Bertz CT molecular complexity index is 818. The van der Waals surface area contributed by atoms with E-state index in [0.29, 0.717) is 23.9 Å². The average molecular weight is 439 g/mol. The Balaban J connectivity index is 1.08. The van der Waals surface area contributed by atoms with Crippen molar-refractivity contribution in [3.63, 3.8) is 0 Å². The number of hydrogen-bond donors (Lipinski definition) is 2. The lowest BCUT2D eigenvalue weighted by molar-refractivity contribution is -0.163.